The third-order valence-electron chi connectivity index (χ3n) is 9.86. The van der Waals surface area contributed by atoms with E-state index >= 15 is 0 Å². The largest absolute Gasteiger partial charge is 0.505 e. The average Bonchev–Trinajstić information content (AvgIpc) is 3.68. The molecular formula is C37H52FN5O4Si2. The Bertz CT molecular complexity index is 1840. The van der Waals surface area contributed by atoms with Crippen LogP contribution in [0.2, 0.25) is 51.4 Å². The lowest BCUT2D eigenvalue weighted by atomic mass is 9.84. The molecule has 1 amide bonds. The number of carbonyl (C=O) groups is 1. The Labute approximate surface area is 291 Å². The number of amides is 1. The highest BCUT2D eigenvalue weighted by molar-refractivity contribution is 6.76. The highest BCUT2D eigenvalue weighted by Gasteiger charge is 2.36. The molecule has 49 heavy (non-hydrogen) atoms. The van der Waals surface area contributed by atoms with E-state index in [0.29, 0.717) is 39.5 Å². The quantitative estimate of drug-likeness (QED) is 0.105. The summed E-state index contributed by atoms with van der Waals surface area (Å²) in [6.07, 6.45) is 3.71. The molecule has 264 valence electrons. The smallest absolute Gasteiger partial charge is 0.226 e. The maximum Gasteiger partial charge on any atom is 0.226 e. The van der Waals surface area contributed by atoms with Gasteiger partial charge in [-0.25, -0.2) is 14.1 Å². The van der Waals surface area contributed by atoms with Crippen LogP contribution in [-0.2, 0) is 47.2 Å². The molecule has 12 heteroatoms. The first-order valence-corrected chi connectivity index (χ1v) is 25.2. The zero-order valence-corrected chi connectivity index (χ0v) is 32.2. The van der Waals surface area contributed by atoms with E-state index in [4.69, 9.17) is 19.6 Å². The van der Waals surface area contributed by atoms with Crippen LogP contribution in [0.15, 0.2) is 30.3 Å². The fourth-order valence-electron chi connectivity index (χ4n) is 6.48. The normalized spacial score (nSPS) is 15.3. The zero-order valence-electron chi connectivity index (χ0n) is 30.2. The van der Waals surface area contributed by atoms with Crippen LogP contribution in [0.5, 0.6) is 5.75 Å². The van der Waals surface area contributed by atoms with Crippen molar-refractivity contribution in [3.05, 3.63) is 53.1 Å². The van der Waals surface area contributed by atoms with Gasteiger partial charge in [-0.05, 0) is 72.3 Å². The Morgan fingerprint density at radius 3 is 2.31 bits per heavy atom. The molecule has 1 aliphatic heterocycles. The van der Waals surface area contributed by atoms with E-state index in [2.05, 4.69) is 43.8 Å². The molecule has 2 aliphatic rings. The fraction of sp³-hybridized carbons (Fsp3) is 0.541. The number of ether oxygens (including phenoxy) is 2. The summed E-state index contributed by atoms with van der Waals surface area (Å²) in [6.45, 7) is 18.9. The van der Waals surface area contributed by atoms with Gasteiger partial charge >= 0.3 is 0 Å². The molecule has 9 nitrogen and oxygen atoms in total. The molecule has 1 saturated carbocycles. The Morgan fingerprint density at radius 1 is 0.980 bits per heavy atom. The summed E-state index contributed by atoms with van der Waals surface area (Å²) >= 11 is 0. The third-order valence-corrected chi connectivity index (χ3v) is 13.3. The van der Waals surface area contributed by atoms with Gasteiger partial charge < -0.3 is 24.0 Å². The van der Waals surface area contributed by atoms with Crippen LogP contribution >= 0.6 is 0 Å². The van der Waals surface area contributed by atoms with Crippen molar-refractivity contribution in [2.24, 2.45) is 5.92 Å². The lowest BCUT2D eigenvalue weighted by Gasteiger charge is -2.29. The molecule has 0 spiro atoms. The molecule has 0 atom stereocenters. The molecule has 2 aromatic heterocycles. The number of hydrogen-bond acceptors (Lipinski definition) is 6. The topological polar surface area (TPSA) is 94.6 Å². The minimum Gasteiger partial charge on any atom is -0.505 e. The van der Waals surface area contributed by atoms with E-state index in [9.17, 15) is 14.3 Å². The van der Waals surface area contributed by atoms with Gasteiger partial charge in [0.1, 0.15) is 19.2 Å². The van der Waals surface area contributed by atoms with Crippen molar-refractivity contribution in [2.45, 2.75) is 111 Å². The Balaban J connectivity index is 1.40. The van der Waals surface area contributed by atoms with Crippen LogP contribution in [0.1, 0.15) is 43.1 Å². The minimum absolute atomic E-state index is 0.134. The highest BCUT2D eigenvalue weighted by Crippen LogP contribution is 2.38. The Morgan fingerprint density at radius 2 is 1.67 bits per heavy atom. The molecular weight excluding hydrogens is 654 g/mol. The predicted octanol–water partition coefficient (Wildman–Crippen LogP) is 8.24. The minimum atomic E-state index is -1.29. The SMILES string of the molecule is CCc1cc(O)c(F)cc1-c1ccc2c(-c3nc4c(n3COCC[Si](C)(C)C)CN(C(=O)C3CCC3)C4)nn(COCC[Si](C)(C)C)c2c1. The number of aromatic nitrogens is 4. The van der Waals surface area contributed by atoms with Crippen molar-refractivity contribution in [1.82, 2.24) is 24.2 Å². The van der Waals surface area contributed by atoms with Crippen LogP contribution < -0.4 is 0 Å². The van der Waals surface area contributed by atoms with Crippen molar-refractivity contribution in [1.29, 1.82) is 0 Å². The second kappa shape index (κ2) is 14.1. The predicted molar refractivity (Wildman–Crippen MR) is 197 cm³/mol. The Kier molecular flexibility index (Phi) is 10.2. The van der Waals surface area contributed by atoms with Crippen molar-refractivity contribution < 1.29 is 23.8 Å². The summed E-state index contributed by atoms with van der Waals surface area (Å²) in [6, 6.07) is 11.1. The number of rotatable bonds is 14. The number of phenolic OH excluding ortho intramolecular Hbond substituents is 1. The van der Waals surface area contributed by atoms with Crippen LogP contribution in [-0.4, -0.2) is 64.6 Å². The number of phenols is 1. The van der Waals surface area contributed by atoms with E-state index in [1.807, 2.05) is 34.7 Å². The lowest BCUT2D eigenvalue weighted by Crippen LogP contribution is -2.35. The van der Waals surface area contributed by atoms with Gasteiger partial charge in [0.15, 0.2) is 17.4 Å². The van der Waals surface area contributed by atoms with Crippen LogP contribution in [0.4, 0.5) is 4.39 Å². The number of halogens is 1. The van der Waals surface area contributed by atoms with E-state index in [0.717, 1.165) is 81.9 Å². The number of nitrogens with zero attached hydrogens (tertiary/aromatic N) is 5. The second-order valence-corrected chi connectivity index (χ2v) is 27.4. The van der Waals surface area contributed by atoms with Gasteiger partial charge in [0.05, 0.1) is 30.0 Å². The molecule has 1 aliphatic carbocycles. The molecule has 4 aromatic rings. The molecule has 0 bridgehead atoms. The standard InChI is InChI=1S/C37H52FN5O4Si2/c1-8-25-19-34(44)30(38)20-29(25)27-12-13-28-32(18-27)43(24-47-15-17-49(5,6)7)40-35(28)36-39-31-21-41(37(45)26-10-9-11-26)22-33(31)42(36)23-46-14-16-48(2,3)4/h12-13,18-20,26,44H,8-11,14-17,21-24H2,1-7H3. The molecule has 0 radical (unpaired) electrons. The fourth-order valence-corrected chi connectivity index (χ4v) is 7.99. The maximum atomic E-state index is 14.6. The number of aromatic hydroxyl groups is 1. The maximum absolute atomic E-state index is 14.6. The van der Waals surface area contributed by atoms with Gasteiger partial charge in [-0.3, -0.25) is 4.79 Å². The van der Waals surface area contributed by atoms with Gasteiger partial charge in [-0.15, -0.1) is 0 Å². The summed E-state index contributed by atoms with van der Waals surface area (Å²) in [5.74, 6) is 0.0930. The lowest BCUT2D eigenvalue weighted by molar-refractivity contribution is -0.138. The monoisotopic (exact) mass is 705 g/mol. The number of hydrogen-bond donors (Lipinski definition) is 1. The summed E-state index contributed by atoms with van der Waals surface area (Å²) in [5, 5.41) is 16.1. The highest BCUT2D eigenvalue weighted by atomic mass is 28.3. The number of imidazole rings is 1. The first kappa shape index (κ1) is 35.5. The summed E-state index contributed by atoms with van der Waals surface area (Å²) in [7, 11) is -2.58. The molecule has 1 fully saturated rings. The zero-order chi connectivity index (χ0) is 35.1. The van der Waals surface area contributed by atoms with Crippen LogP contribution in [0.25, 0.3) is 33.5 Å². The third kappa shape index (κ3) is 7.87. The number of carbonyl (C=O) groups excluding carboxylic acids is 1. The molecule has 1 N–H and O–H groups in total. The summed E-state index contributed by atoms with van der Waals surface area (Å²) in [5.41, 5.74) is 5.92. The van der Waals surface area contributed by atoms with Crippen molar-refractivity contribution >= 4 is 33.0 Å². The number of fused-ring (bicyclic) bond motifs is 2. The van der Waals surface area contributed by atoms with E-state index in [1.54, 1.807) is 0 Å². The summed E-state index contributed by atoms with van der Waals surface area (Å²) < 4.78 is 31.2. The average molecular weight is 706 g/mol. The molecule has 3 heterocycles. The first-order chi connectivity index (χ1) is 23.2. The van der Waals surface area contributed by atoms with Gasteiger partial charge in [-0.1, -0.05) is 58.7 Å². The van der Waals surface area contributed by atoms with Crippen molar-refractivity contribution in [3.63, 3.8) is 0 Å². The van der Waals surface area contributed by atoms with Gasteiger partial charge in [-0.2, -0.15) is 5.10 Å². The van der Waals surface area contributed by atoms with E-state index in [-0.39, 0.29) is 24.3 Å². The van der Waals surface area contributed by atoms with Gasteiger partial charge in [0.25, 0.3) is 0 Å². The Hall–Kier alpha value is -3.33. The molecule has 0 unspecified atom stereocenters. The molecule has 2 aromatic carbocycles. The number of aryl methyl sites for hydroxylation is 1. The second-order valence-electron chi connectivity index (χ2n) is 16.2. The van der Waals surface area contributed by atoms with E-state index < -0.39 is 22.0 Å². The number of benzene rings is 2. The van der Waals surface area contributed by atoms with E-state index in [1.165, 1.54) is 12.1 Å². The van der Waals surface area contributed by atoms with Crippen LogP contribution in [0, 0.1) is 11.7 Å². The molecule has 0 saturated heterocycles. The van der Waals surface area contributed by atoms with Gasteiger partial charge in [0, 0.05) is 40.7 Å². The molecule has 6 rings (SSSR count). The van der Waals surface area contributed by atoms with Crippen molar-refractivity contribution in [2.75, 3.05) is 13.2 Å². The van der Waals surface area contributed by atoms with Crippen molar-refractivity contribution in [3.8, 4) is 28.4 Å². The van der Waals surface area contributed by atoms with Crippen LogP contribution in [0.3, 0.4) is 0 Å². The van der Waals surface area contributed by atoms with Gasteiger partial charge in [0.2, 0.25) is 5.91 Å². The first-order valence-electron chi connectivity index (χ1n) is 17.8. The summed E-state index contributed by atoms with van der Waals surface area (Å²) in [4.78, 5) is 20.3.